The molecule has 0 spiro atoms. The number of nitrogens with zero attached hydrogens (tertiary/aromatic N) is 3. The maximum Gasteiger partial charge on any atom is 0.272 e. The Kier molecular flexibility index (Phi) is 3.03. The van der Waals surface area contributed by atoms with Gasteiger partial charge in [-0.05, 0) is 17.7 Å². The second kappa shape index (κ2) is 4.58. The van der Waals surface area contributed by atoms with E-state index in [1.165, 1.54) is 19.5 Å². The highest BCUT2D eigenvalue weighted by molar-refractivity contribution is 6.23. The van der Waals surface area contributed by atoms with E-state index in [0.29, 0.717) is 6.04 Å². The maximum absolute atomic E-state index is 13.9. The Morgan fingerprint density at radius 3 is 2.79 bits per heavy atom. The molecule has 2 atom stereocenters. The standard InChI is InChI=1S/C13H14ClFN3O/c1-19-12-5-4-10(6-11(12)15)18(9-2-3-9)8-16-7-17-13(18)14/h4-9,13H,2-3H2,1H3/q+1. The topological polar surface area (TPSA) is 34.0 Å². The molecule has 1 aromatic rings. The van der Waals surface area contributed by atoms with Crippen LogP contribution < -0.4 is 9.22 Å². The number of hydrogen-bond acceptors (Lipinski definition) is 3. The van der Waals surface area contributed by atoms with Crippen LogP contribution in [0.15, 0.2) is 28.2 Å². The predicted octanol–water partition coefficient (Wildman–Crippen LogP) is 2.90. The van der Waals surface area contributed by atoms with Gasteiger partial charge in [0.05, 0.1) is 7.11 Å². The number of benzene rings is 1. The summed E-state index contributed by atoms with van der Waals surface area (Å²) >= 11 is 6.36. The van der Waals surface area contributed by atoms with Gasteiger partial charge < -0.3 is 4.74 Å². The van der Waals surface area contributed by atoms with Crippen molar-refractivity contribution >= 4 is 30.0 Å². The normalized spacial score (nSPS) is 29.5. The molecule has 0 radical (unpaired) electrons. The SMILES string of the molecule is COc1ccc([N+]2(C3CC3)C=NC=NC2Cl)cc1F. The number of ether oxygens (including phenoxy) is 1. The smallest absolute Gasteiger partial charge is 0.272 e. The van der Waals surface area contributed by atoms with Crippen molar-refractivity contribution in [2.45, 2.75) is 24.5 Å². The van der Waals surface area contributed by atoms with Gasteiger partial charge in [-0.3, -0.25) is 0 Å². The molecule has 2 unspecified atom stereocenters. The van der Waals surface area contributed by atoms with Gasteiger partial charge >= 0.3 is 0 Å². The van der Waals surface area contributed by atoms with E-state index in [9.17, 15) is 4.39 Å². The van der Waals surface area contributed by atoms with Gasteiger partial charge in [0.25, 0.3) is 5.62 Å². The summed E-state index contributed by atoms with van der Waals surface area (Å²) in [6.45, 7) is 0. The van der Waals surface area contributed by atoms with E-state index < -0.39 is 11.4 Å². The van der Waals surface area contributed by atoms with Crippen LogP contribution in [0.5, 0.6) is 5.75 Å². The fourth-order valence-corrected chi connectivity index (χ4v) is 2.84. The van der Waals surface area contributed by atoms with Gasteiger partial charge in [0.1, 0.15) is 18.1 Å². The van der Waals surface area contributed by atoms with Crippen molar-refractivity contribution in [1.82, 2.24) is 4.48 Å². The lowest BCUT2D eigenvalue weighted by atomic mass is 10.2. The Balaban J connectivity index is 2.08. The minimum Gasteiger partial charge on any atom is -0.494 e. The third-order valence-electron chi connectivity index (χ3n) is 3.60. The van der Waals surface area contributed by atoms with Gasteiger partial charge in [-0.2, -0.15) is 9.98 Å². The van der Waals surface area contributed by atoms with Gasteiger partial charge in [-0.15, -0.1) is 0 Å². The van der Waals surface area contributed by atoms with E-state index in [0.717, 1.165) is 18.5 Å². The monoisotopic (exact) mass is 282 g/mol. The number of quaternary nitrogens is 1. The molecule has 1 aliphatic heterocycles. The molecule has 1 aliphatic carbocycles. The highest BCUT2D eigenvalue weighted by Crippen LogP contribution is 2.43. The molecule has 0 N–H and O–H groups in total. The number of rotatable bonds is 3. The van der Waals surface area contributed by atoms with Gasteiger partial charge in [-0.25, -0.2) is 8.87 Å². The van der Waals surface area contributed by atoms with Crippen LogP contribution in [0.25, 0.3) is 0 Å². The van der Waals surface area contributed by atoms with Crippen molar-refractivity contribution in [3.63, 3.8) is 0 Å². The van der Waals surface area contributed by atoms with Crippen LogP contribution in [0.2, 0.25) is 0 Å². The zero-order valence-electron chi connectivity index (χ0n) is 10.5. The van der Waals surface area contributed by atoms with E-state index in [1.807, 2.05) is 6.07 Å². The summed E-state index contributed by atoms with van der Waals surface area (Å²) in [5.41, 5.74) is 0.249. The summed E-state index contributed by atoms with van der Waals surface area (Å²) < 4.78 is 19.1. The number of methoxy groups -OCH3 is 1. The molecule has 3 rings (SSSR count). The van der Waals surface area contributed by atoms with Crippen molar-refractivity contribution in [3.05, 3.63) is 24.0 Å². The first kappa shape index (κ1) is 12.6. The van der Waals surface area contributed by atoms with Gasteiger partial charge in [0.2, 0.25) is 0 Å². The Labute approximate surface area is 115 Å². The largest absolute Gasteiger partial charge is 0.494 e. The first-order chi connectivity index (χ1) is 9.18. The maximum atomic E-state index is 13.9. The fourth-order valence-electron chi connectivity index (χ4n) is 2.47. The molecule has 100 valence electrons. The van der Waals surface area contributed by atoms with Gasteiger partial charge in [-0.1, -0.05) is 0 Å². The molecule has 1 saturated carbocycles. The first-order valence-corrected chi connectivity index (χ1v) is 6.54. The molecule has 0 bridgehead atoms. The highest BCUT2D eigenvalue weighted by Gasteiger charge is 2.52. The molecule has 1 heterocycles. The van der Waals surface area contributed by atoms with Crippen LogP contribution in [0.1, 0.15) is 12.8 Å². The van der Waals surface area contributed by atoms with Crippen molar-refractivity contribution < 1.29 is 9.13 Å². The van der Waals surface area contributed by atoms with Crippen LogP contribution in [-0.2, 0) is 0 Å². The number of hydrogen-bond donors (Lipinski definition) is 0. The fraction of sp³-hybridized carbons (Fsp3) is 0.385. The van der Waals surface area contributed by atoms with E-state index in [-0.39, 0.29) is 10.2 Å². The summed E-state index contributed by atoms with van der Waals surface area (Å²) in [5, 5.41) is 0. The minimum absolute atomic E-state index is 0.223. The van der Waals surface area contributed by atoms with Crippen LogP contribution in [0, 0.1) is 5.82 Å². The van der Waals surface area contributed by atoms with Crippen molar-refractivity contribution in [2.24, 2.45) is 9.98 Å². The molecule has 19 heavy (non-hydrogen) atoms. The zero-order valence-corrected chi connectivity index (χ0v) is 11.2. The van der Waals surface area contributed by atoms with Crippen LogP contribution in [0.4, 0.5) is 10.1 Å². The van der Waals surface area contributed by atoms with Crippen LogP contribution in [-0.4, -0.2) is 31.5 Å². The van der Waals surface area contributed by atoms with E-state index >= 15 is 0 Å². The van der Waals surface area contributed by atoms with Gasteiger partial charge in [0.15, 0.2) is 17.9 Å². The summed E-state index contributed by atoms with van der Waals surface area (Å²) in [5.74, 6) is -0.175. The average Bonchev–Trinajstić information content (AvgIpc) is 3.24. The van der Waals surface area contributed by atoms with Crippen molar-refractivity contribution in [3.8, 4) is 5.75 Å². The molecule has 1 fully saturated rings. The lowest BCUT2D eigenvalue weighted by Crippen LogP contribution is -2.56. The molecule has 0 aromatic heterocycles. The quantitative estimate of drug-likeness (QED) is 0.477. The van der Waals surface area contributed by atoms with Crippen LogP contribution >= 0.6 is 11.6 Å². The second-order valence-electron chi connectivity index (χ2n) is 4.72. The average molecular weight is 283 g/mol. The van der Waals surface area contributed by atoms with E-state index in [2.05, 4.69) is 9.98 Å². The third kappa shape index (κ3) is 1.93. The molecular formula is C13H14ClFN3O+. The predicted molar refractivity (Wildman–Crippen MR) is 74.4 cm³/mol. The summed E-state index contributed by atoms with van der Waals surface area (Å²) in [7, 11) is 1.44. The lowest BCUT2D eigenvalue weighted by Gasteiger charge is -2.36. The molecule has 0 amide bonds. The molecule has 0 saturated heterocycles. The van der Waals surface area contributed by atoms with E-state index in [1.54, 1.807) is 12.4 Å². The Bertz CT molecular complexity index is 559. The van der Waals surface area contributed by atoms with Crippen LogP contribution in [0.3, 0.4) is 0 Å². The first-order valence-electron chi connectivity index (χ1n) is 6.11. The Morgan fingerprint density at radius 2 is 2.21 bits per heavy atom. The number of halogens is 2. The third-order valence-corrected chi connectivity index (χ3v) is 4.04. The second-order valence-corrected chi connectivity index (χ2v) is 5.11. The number of alkyl halides is 1. The lowest BCUT2D eigenvalue weighted by molar-refractivity contribution is 0.373. The van der Waals surface area contributed by atoms with Crippen molar-refractivity contribution in [1.29, 1.82) is 0 Å². The van der Waals surface area contributed by atoms with E-state index in [4.69, 9.17) is 16.3 Å². The van der Waals surface area contributed by atoms with Crippen molar-refractivity contribution in [2.75, 3.05) is 7.11 Å². The molecular weight excluding hydrogens is 269 g/mol. The molecule has 4 nitrogen and oxygen atoms in total. The Morgan fingerprint density at radius 1 is 1.42 bits per heavy atom. The number of aliphatic imine (C=N–C) groups is 2. The summed E-state index contributed by atoms with van der Waals surface area (Å²) in [4.78, 5) is 8.26. The minimum atomic E-state index is -0.502. The zero-order chi connectivity index (χ0) is 13.5. The Hall–Kier alpha value is -1.46. The molecule has 1 aromatic carbocycles. The highest BCUT2D eigenvalue weighted by atomic mass is 35.5. The summed E-state index contributed by atoms with van der Waals surface area (Å²) in [6, 6.07) is 5.21. The molecule has 6 heteroatoms. The van der Waals surface area contributed by atoms with Gasteiger partial charge in [0, 0.05) is 25.0 Å². The summed E-state index contributed by atoms with van der Waals surface area (Å²) in [6.07, 6.45) is 5.27. The molecule has 2 aliphatic rings.